The second-order valence-corrected chi connectivity index (χ2v) is 5.09. The highest BCUT2D eigenvalue weighted by Gasteiger charge is 2.08. The van der Waals surface area contributed by atoms with Crippen LogP contribution in [0.1, 0.15) is 10.4 Å². The van der Waals surface area contributed by atoms with Crippen LogP contribution in [0, 0.1) is 0 Å². The number of rotatable bonds is 2. The van der Waals surface area contributed by atoms with Gasteiger partial charge in [0.05, 0.1) is 0 Å². The maximum atomic E-state index is 12.0. The molecule has 2 aromatic rings. The number of carbonyl (C=O) groups is 1. The van der Waals surface area contributed by atoms with Gasteiger partial charge in [0, 0.05) is 26.4 Å². The zero-order valence-electron chi connectivity index (χ0n) is 9.28. The molecule has 3 N–H and O–H groups in total. The van der Waals surface area contributed by atoms with Gasteiger partial charge >= 0.3 is 0 Å². The van der Waals surface area contributed by atoms with Crippen LogP contribution in [0.3, 0.4) is 0 Å². The number of benzene rings is 2. The Kier molecular flexibility index (Phi) is 3.89. The van der Waals surface area contributed by atoms with Gasteiger partial charge in [-0.1, -0.05) is 33.6 Å². The summed E-state index contributed by atoms with van der Waals surface area (Å²) in [5.74, 6) is -0.248. The Labute approximate surface area is 118 Å². The first kappa shape index (κ1) is 12.9. The number of nitrogen functional groups attached to an aromatic ring is 1. The molecule has 0 heterocycles. The fourth-order valence-corrected chi connectivity index (χ4v) is 2.16. The van der Waals surface area contributed by atoms with Crippen LogP contribution in [0.2, 0.25) is 5.02 Å². The van der Waals surface area contributed by atoms with E-state index in [4.69, 9.17) is 17.3 Å². The van der Waals surface area contributed by atoms with Gasteiger partial charge in [0.1, 0.15) is 0 Å². The van der Waals surface area contributed by atoms with E-state index in [0.717, 1.165) is 4.47 Å². The number of anilines is 2. The van der Waals surface area contributed by atoms with E-state index < -0.39 is 0 Å². The highest BCUT2D eigenvalue weighted by Crippen LogP contribution is 2.19. The van der Waals surface area contributed by atoms with E-state index in [9.17, 15) is 4.79 Å². The molecular weight excluding hydrogens is 316 g/mol. The number of hydrogen-bond acceptors (Lipinski definition) is 2. The van der Waals surface area contributed by atoms with E-state index in [1.807, 2.05) is 18.2 Å². The van der Waals surface area contributed by atoms with Crippen molar-refractivity contribution < 1.29 is 4.79 Å². The molecule has 92 valence electrons. The van der Waals surface area contributed by atoms with Crippen molar-refractivity contribution in [1.29, 1.82) is 0 Å². The second kappa shape index (κ2) is 5.42. The number of nitrogens with two attached hydrogens (primary N) is 1. The summed E-state index contributed by atoms with van der Waals surface area (Å²) in [5, 5.41) is 3.21. The Morgan fingerprint density at radius 1 is 1.22 bits per heavy atom. The Morgan fingerprint density at radius 3 is 2.67 bits per heavy atom. The maximum Gasteiger partial charge on any atom is 0.255 e. The van der Waals surface area contributed by atoms with Crippen LogP contribution in [-0.4, -0.2) is 5.91 Å². The molecule has 18 heavy (non-hydrogen) atoms. The monoisotopic (exact) mass is 324 g/mol. The molecule has 0 spiro atoms. The highest BCUT2D eigenvalue weighted by molar-refractivity contribution is 9.10. The molecule has 0 fully saturated rings. The van der Waals surface area contributed by atoms with Crippen LogP contribution in [0.5, 0.6) is 0 Å². The normalized spacial score (nSPS) is 10.1. The Hall–Kier alpha value is -1.52. The first-order valence-electron chi connectivity index (χ1n) is 5.17. The van der Waals surface area contributed by atoms with Crippen molar-refractivity contribution in [2.45, 2.75) is 0 Å². The number of nitrogens with one attached hydrogen (secondary N) is 1. The third-order valence-corrected chi connectivity index (χ3v) is 2.98. The van der Waals surface area contributed by atoms with Gasteiger partial charge in [0.2, 0.25) is 0 Å². The summed E-state index contributed by atoms with van der Waals surface area (Å²) in [5.41, 5.74) is 7.24. The maximum absolute atomic E-state index is 12.0. The summed E-state index contributed by atoms with van der Waals surface area (Å²) in [6, 6.07) is 12.1. The van der Waals surface area contributed by atoms with Gasteiger partial charge in [0.15, 0.2) is 0 Å². The van der Waals surface area contributed by atoms with E-state index in [1.165, 1.54) is 0 Å². The Bertz CT molecular complexity index is 581. The van der Waals surface area contributed by atoms with Gasteiger partial charge in [-0.3, -0.25) is 4.79 Å². The minimum atomic E-state index is -0.248. The lowest BCUT2D eigenvalue weighted by molar-refractivity contribution is 0.102. The third-order valence-electron chi connectivity index (χ3n) is 2.26. The summed E-state index contributed by atoms with van der Waals surface area (Å²) < 4.78 is 0.894. The predicted octanol–water partition coefficient (Wildman–Crippen LogP) is 3.94. The minimum absolute atomic E-state index is 0.248. The Balaban J connectivity index is 2.22. The lowest BCUT2D eigenvalue weighted by atomic mass is 10.2. The average molecular weight is 326 g/mol. The van der Waals surface area contributed by atoms with Gasteiger partial charge in [-0.05, 0) is 36.4 Å². The molecule has 0 atom stereocenters. The molecule has 1 amide bonds. The molecular formula is C13H10BrClN2O. The SMILES string of the molecule is Nc1cc(Cl)cc(C(=O)Nc2cccc(Br)c2)c1. The molecule has 0 aromatic heterocycles. The quantitative estimate of drug-likeness (QED) is 0.822. The molecule has 0 aliphatic heterocycles. The first-order valence-corrected chi connectivity index (χ1v) is 6.35. The zero-order valence-corrected chi connectivity index (χ0v) is 11.6. The van der Waals surface area contributed by atoms with E-state index in [1.54, 1.807) is 24.3 Å². The molecule has 0 aliphatic carbocycles. The largest absolute Gasteiger partial charge is 0.399 e. The summed E-state index contributed by atoms with van der Waals surface area (Å²) in [4.78, 5) is 12.0. The molecule has 5 heteroatoms. The zero-order chi connectivity index (χ0) is 13.1. The van der Waals surface area contributed by atoms with Gasteiger partial charge in [-0.15, -0.1) is 0 Å². The van der Waals surface area contributed by atoms with Crippen molar-refractivity contribution in [2.75, 3.05) is 11.1 Å². The van der Waals surface area contributed by atoms with E-state index in [-0.39, 0.29) is 5.91 Å². The highest BCUT2D eigenvalue weighted by atomic mass is 79.9. The average Bonchev–Trinajstić information content (AvgIpc) is 2.27. The van der Waals surface area contributed by atoms with Crippen molar-refractivity contribution in [2.24, 2.45) is 0 Å². The van der Waals surface area contributed by atoms with E-state index in [0.29, 0.717) is 22.0 Å². The third kappa shape index (κ3) is 3.24. The minimum Gasteiger partial charge on any atom is -0.399 e. The van der Waals surface area contributed by atoms with Crippen LogP contribution >= 0.6 is 27.5 Å². The van der Waals surface area contributed by atoms with Crippen LogP contribution in [-0.2, 0) is 0 Å². The van der Waals surface area contributed by atoms with E-state index in [2.05, 4.69) is 21.2 Å². The molecule has 3 nitrogen and oxygen atoms in total. The number of halogens is 2. The molecule has 0 aliphatic rings. The summed E-state index contributed by atoms with van der Waals surface area (Å²) in [6.07, 6.45) is 0. The van der Waals surface area contributed by atoms with Crippen molar-refractivity contribution in [3.8, 4) is 0 Å². The summed E-state index contributed by atoms with van der Waals surface area (Å²) in [7, 11) is 0. The topological polar surface area (TPSA) is 55.1 Å². The second-order valence-electron chi connectivity index (χ2n) is 3.74. The lowest BCUT2D eigenvalue weighted by Crippen LogP contribution is -2.12. The molecule has 0 radical (unpaired) electrons. The van der Waals surface area contributed by atoms with Crippen molar-refractivity contribution in [1.82, 2.24) is 0 Å². The van der Waals surface area contributed by atoms with Gasteiger partial charge in [-0.2, -0.15) is 0 Å². The Morgan fingerprint density at radius 2 is 2.00 bits per heavy atom. The van der Waals surface area contributed by atoms with Crippen molar-refractivity contribution in [3.05, 3.63) is 57.5 Å². The summed E-state index contributed by atoms with van der Waals surface area (Å²) >= 11 is 9.19. The fraction of sp³-hybridized carbons (Fsp3) is 0. The van der Waals surface area contributed by atoms with Crippen LogP contribution in [0.4, 0.5) is 11.4 Å². The van der Waals surface area contributed by atoms with Gasteiger partial charge < -0.3 is 11.1 Å². The standard InChI is InChI=1S/C13H10BrClN2O/c14-9-2-1-3-12(6-9)17-13(18)8-4-10(15)7-11(16)5-8/h1-7H,16H2,(H,17,18). The predicted molar refractivity (Wildman–Crippen MR) is 78.0 cm³/mol. The molecule has 2 rings (SSSR count). The van der Waals surface area contributed by atoms with Crippen LogP contribution in [0.15, 0.2) is 46.9 Å². The lowest BCUT2D eigenvalue weighted by Gasteiger charge is -2.06. The van der Waals surface area contributed by atoms with E-state index >= 15 is 0 Å². The smallest absolute Gasteiger partial charge is 0.255 e. The summed E-state index contributed by atoms with van der Waals surface area (Å²) in [6.45, 7) is 0. The van der Waals surface area contributed by atoms with Gasteiger partial charge in [-0.25, -0.2) is 0 Å². The number of amides is 1. The number of hydrogen-bond donors (Lipinski definition) is 2. The van der Waals surface area contributed by atoms with Gasteiger partial charge in [0.25, 0.3) is 5.91 Å². The molecule has 0 unspecified atom stereocenters. The molecule has 2 aromatic carbocycles. The fourth-order valence-electron chi connectivity index (χ4n) is 1.51. The molecule has 0 bridgehead atoms. The first-order chi connectivity index (χ1) is 8.54. The molecule has 0 saturated carbocycles. The van der Waals surface area contributed by atoms with Crippen molar-refractivity contribution >= 4 is 44.8 Å². The molecule has 0 saturated heterocycles. The van der Waals surface area contributed by atoms with Crippen molar-refractivity contribution in [3.63, 3.8) is 0 Å². The number of carbonyl (C=O) groups excluding carboxylic acids is 1. The van der Waals surface area contributed by atoms with Crippen LogP contribution in [0.25, 0.3) is 0 Å². The van der Waals surface area contributed by atoms with Crippen LogP contribution < -0.4 is 11.1 Å².